The maximum Gasteiger partial charge on any atom is 0.251 e. The minimum atomic E-state index is -0.137. The molecule has 0 radical (unpaired) electrons. The molecule has 1 amide bonds. The molecule has 0 aliphatic rings. The van der Waals surface area contributed by atoms with Crippen LogP contribution < -0.4 is 5.32 Å². The smallest absolute Gasteiger partial charge is 0.251 e. The maximum absolute atomic E-state index is 11.9. The van der Waals surface area contributed by atoms with Gasteiger partial charge in [-0.1, -0.05) is 25.4 Å². The lowest BCUT2D eigenvalue weighted by atomic mass is 10.1. The summed E-state index contributed by atoms with van der Waals surface area (Å²) in [7, 11) is 0. The summed E-state index contributed by atoms with van der Waals surface area (Å²) >= 11 is 15.3. The van der Waals surface area contributed by atoms with E-state index in [9.17, 15) is 4.79 Å². The van der Waals surface area contributed by atoms with Gasteiger partial charge in [0, 0.05) is 16.6 Å². The van der Waals surface area contributed by atoms with E-state index in [1.165, 1.54) is 0 Å². The molecule has 0 bridgehead atoms. The van der Waals surface area contributed by atoms with Gasteiger partial charge >= 0.3 is 0 Å². The van der Waals surface area contributed by atoms with Crippen LogP contribution in [-0.4, -0.2) is 17.8 Å². The van der Waals surface area contributed by atoms with Gasteiger partial charge in [-0.2, -0.15) is 0 Å². The number of carbonyl (C=O) groups excluding carboxylic acids is 1. The molecule has 1 aromatic rings. The number of amides is 1. The summed E-state index contributed by atoms with van der Waals surface area (Å²) in [5.41, 5.74) is 0.569. The zero-order valence-corrected chi connectivity index (χ0v) is 13.4. The molecule has 18 heavy (non-hydrogen) atoms. The number of benzene rings is 1. The first kappa shape index (κ1) is 15.8. The van der Waals surface area contributed by atoms with Crippen molar-refractivity contribution < 1.29 is 4.79 Å². The second kappa shape index (κ2) is 7.37. The number of alkyl halides is 1. The fourth-order valence-electron chi connectivity index (χ4n) is 1.54. The first-order valence-electron chi connectivity index (χ1n) is 5.77. The Labute approximate surface area is 126 Å². The molecule has 1 N–H and O–H groups in total. The van der Waals surface area contributed by atoms with Crippen LogP contribution in [0.5, 0.6) is 0 Å². The Bertz CT molecular complexity index is 423. The number of hydrogen-bond donors (Lipinski definition) is 1. The second-order valence-corrected chi connectivity index (χ2v) is 6.44. The summed E-state index contributed by atoms with van der Waals surface area (Å²) < 4.78 is 0.710. The van der Waals surface area contributed by atoms with E-state index >= 15 is 0 Å². The van der Waals surface area contributed by atoms with Crippen molar-refractivity contribution in [1.82, 2.24) is 5.32 Å². The van der Waals surface area contributed by atoms with Gasteiger partial charge in [0.15, 0.2) is 0 Å². The SMILES string of the molecule is CC(C)CC(Cl)CNC(=O)c1ccc(Cl)c(Br)c1. The van der Waals surface area contributed by atoms with Crippen molar-refractivity contribution in [2.45, 2.75) is 25.6 Å². The predicted octanol–water partition coefficient (Wildman–Crippen LogP) is 4.49. The van der Waals surface area contributed by atoms with Gasteiger partial charge in [-0.25, -0.2) is 0 Å². The van der Waals surface area contributed by atoms with Crippen LogP contribution in [0, 0.1) is 5.92 Å². The monoisotopic (exact) mass is 351 g/mol. The highest BCUT2D eigenvalue weighted by Crippen LogP contribution is 2.23. The van der Waals surface area contributed by atoms with Gasteiger partial charge < -0.3 is 5.32 Å². The Morgan fingerprint density at radius 1 is 1.44 bits per heavy atom. The summed E-state index contributed by atoms with van der Waals surface area (Å²) in [6.45, 7) is 4.68. The molecule has 0 heterocycles. The first-order valence-corrected chi connectivity index (χ1v) is 7.38. The number of rotatable bonds is 5. The molecule has 1 unspecified atom stereocenters. The van der Waals surface area contributed by atoms with Crippen LogP contribution in [-0.2, 0) is 0 Å². The average Bonchev–Trinajstić information content (AvgIpc) is 2.28. The van der Waals surface area contributed by atoms with Gasteiger partial charge in [0.05, 0.1) is 10.4 Å². The fourth-order valence-corrected chi connectivity index (χ4v) is 2.47. The van der Waals surface area contributed by atoms with Gasteiger partial charge in [-0.15, -0.1) is 11.6 Å². The predicted molar refractivity (Wildman–Crippen MR) is 80.6 cm³/mol. The number of halogens is 3. The summed E-state index contributed by atoms with van der Waals surface area (Å²) in [5.74, 6) is 0.385. The van der Waals surface area contributed by atoms with E-state index in [0.717, 1.165) is 6.42 Å². The standard InChI is InChI=1S/C13H16BrCl2NO/c1-8(2)5-10(15)7-17-13(18)9-3-4-12(16)11(14)6-9/h3-4,6,8,10H,5,7H2,1-2H3,(H,17,18). The quantitative estimate of drug-likeness (QED) is 0.777. The summed E-state index contributed by atoms with van der Waals surface area (Å²) in [6, 6.07) is 5.07. The molecule has 0 aromatic heterocycles. The normalized spacial score (nSPS) is 12.6. The lowest BCUT2D eigenvalue weighted by Crippen LogP contribution is -2.30. The maximum atomic E-state index is 11.9. The third kappa shape index (κ3) is 5.17. The lowest BCUT2D eigenvalue weighted by molar-refractivity contribution is 0.0953. The van der Waals surface area contributed by atoms with Crippen molar-refractivity contribution in [2.24, 2.45) is 5.92 Å². The molecule has 1 rings (SSSR count). The van der Waals surface area contributed by atoms with E-state index in [1.807, 2.05) is 0 Å². The van der Waals surface area contributed by atoms with E-state index in [-0.39, 0.29) is 11.3 Å². The minimum absolute atomic E-state index is 0.0373. The highest BCUT2D eigenvalue weighted by molar-refractivity contribution is 9.10. The molecule has 0 saturated carbocycles. The largest absolute Gasteiger partial charge is 0.351 e. The summed E-state index contributed by atoms with van der Waals surface area (Å²) in [5, 5.41) is 3.36. The fraction of sp³-hybridized carbons (Fsp3) is 0.462. The first-order chi connectivity index (χ1) is 8.40. The molecule has 0 saturated heterocycles. The van der Waals surface area contributed by atoms with Crippen LogP contribution in [0.3, 0.4) is 0 Å². The van der Waals surface area contributed by atoms with Crippen molar-refractivity contribution in [3.05, 3.63) is 33.3 Å². The van der Waals surface area contributed by atoms with Crippen molar-refractivity contribution in [2.75, 3.05) is 6.54 Å². The Kier molecular flexibility index (Phi) is 6.47. The van der Waals surface area contributed by atoms with Gasteiger partial charge in [-0.3, -0.25) is 4.79 Å². The lowest BCUT2D eigenvalue weighted by Gasteiger charge is -2.13. The van der Waals surface area contributed by atoms with E-state index in [0.29, 0.717) is 27.5 Å². The van der Waals surface area contributed by atoms with Crippen LogP contribution in [0.15, 0.2) is 22.7 Å². The molecule has 100 valence electrons. The zero-order valence-electron chi connectivity index (χ0n) is 10.3. The number of carbonyl (C=O) groups is 1. The topological polar surface area (TPSA) is 29.1 Å². The number of hydrogen-bond acceptors (Lipinski definition) is 1. The second-order valence-electron chi connectivity index (χ2n) is 4.57. The summed E-state index contributed by atoms with van der Waals surface area (Å²) in [4.78, 5) is 11.9. The molecule has 0 aliphatic heterocycles. The van der Waals surface area contributed by atoms with Crippen LogP contribution in [0.4, 0.5) is 0 Å². The Balaban J connectivity index is 2.52. The molecule has 5 heteroatoms. The molecule has 0 fully saturated rings. The zero-order chi connectivity index (χ0) is 13.7. The van der Waals surface area contributed by atoms with Crippen LogP contribution in [0.1, 0.15) is 30.6 Å². The van der Waals surface area contributed by atoms with Crippen molar-refractivity contribution in [3.8, 4) is 0 Å². The molecule has 2 nitrogen and oxygen atoms in total. The highest BCUT2D eigenvalue weighted by Gasteiger charge is 2.11. The average molecular weight is 353 g/mol. The summed E-state index contributed by atoms with van der Waals surface area (Å²) in [6.07, 6.45) is 0.881. The van der Waals surface area contributed by atoms with Gasteiger partial charge in [-0.05, 0) is 46.5 Å². The van der Waals surface area contributed by atoms with E-state index in [2.05, 4.69) is 35.1 Å². The molecular formula is C13H16BrCl2NO. The van der Waals surface area contributed by atoms with E-state index in [1.54, 1.807) is 18.2 Å². The number of nitrogens with one attached hydrogen (secondary N) is 1. The Hall–Kier alpha value is -0.250. The molecule has 1 atom stereocenters. The van der Waals surface area contributed by atoms with Crippen molar-refractivity contribution in [3.63, 3.8) is 0 Å². The van der Waals surface area contributed by atoms with Crippen LogP contribution in [0.25, 0.3) is 0 Å². The van der Waals surface area contributed by atoms with Gasteiger partial charge in [0.2, 0.25) is 0 Å². The Morgan fingerprint density at radius 2 is 2.11 bits per heavy atom. The van der Waals surface area contributed by atoms with Crippen LogP contribution >= 0.6 is 39.1 Å². The van der Waals surface area contributed by atoms with Crippen molar-refractivity contribution in [1.29, 1.82) is 0 Å². The van der Waals surface area contributed by atoms with Gasteiger partial charge in [0.1, 0.15) is 0 Å². The van der Waals surface area contributed by atoms with Crippen LogP contribution in [0.2, 0.25) is 5.02 Å². The molecule has 0 aliphatic carbocycles. The van der Waals surface area contributed by atoms with E-state index < -0.39 is 0 Å². The minimum Gasteiger partial charge on any atom is -0.351 e. The Morgan fingerprint density at radius 3 is 2.67 bits per heavy atom. The molecule has 1 aromatic carbocycles. The van der Waals surface area contributed by atoms with E-state index in [4.69, 9.17) is 23.2 Å². The third-order valence-electron chi connectivity index (χ3n) is 2.39. The third-order valence-corrected chi connectivity index (χ3v) is 3.94. The molecule has 0 spiro atoms. The highest BCUT2D eigenvalue weighted by atomic mass is 79.9. The van der Waals surface area contributed by atoms with Crippen molar-refractivity contribution >= 4 is 45.0 Å². The van der Waals surface area contributed by atoms with Gasteiger partial charge in [0.25, 0.3) is 5.91 Å². The molecular weight excluding hydrogens is 337 g/mol.